The summed E-state index contributed by atoms with van der Waals surface area (Å²) >= 11 is 9.12. The molecule has 0 atom stereocenters. The first-order valence-electron chi connectivity index (χ1n) is 8.20. The van der Waals surface area contributed by atoms with Crippen LogP contribution in [0.15, 0.2) is 83.6 Å². The van der Waals surface area contributed by atoms with Gasteiger partial charge in [0.1, 0.15) is 5.75 Å². The van der Waals surface area contributed by atoms with E-state index in [1.807, 2.05) is 79.1 Å². The van der Waals surface area contributed by atoms with E-state index in [0.29, 0.717) is 16.2 Å². The SMILES string of the molecule is COc1cccc(NC(=S)/C(=C(\O)c2ccccc2Br)[n+]2ccccc2)c1. The van der Waals surface area contributed by atoms with Gasteiger partial charge in [-0.1, -0.05) is 52.4 Å². The number of aliphatic hydroxyl groups is 1. The third-order valence-electron chi connectivity index (χ3n) is 3.87. The molecule has 6 heteroatoms. The lowest BCUT2D eigenvalue weighted by molar-refractivity contribution is -0.575. The maximum atomic E-state index is 11.0. The van der Waals surface area contributed by atoms with Crippen LogP contribution in [0.2, 0.25) is 0 Å². The van der Waals surface area contributed by atoms with Crippen molar-refractivity contribution >= 4 is 50.3 Å². The zero-order valence-corrected chi connectivity index (χ0v) is 17.0. The number of ether oxygens (including phenoxy) is 1. The number of thiocarbonyl (C=S) groups is 1. The van der Waals surface area contributed by atoms with Crippen molar-refractivity contribution in [2.75, 3.05) is 12.4 Å². The third-order valence-corrected chi connectivity index (χ3v) is 4.86. The molecule has 0 aliphatic carbocycles. The van der Waals surface area contributed by atoms with E-state index in [9.17, 15) is 5.11 Å². The van der Waals surface area contributed by atoms with Crippen LogP contribution in [0.3, 0.4) is 0 Å². The van der Waals surface area contributed by atoms with E-state index in [1.54, 1.807) is 11.7 Å². The zero-order chi connectivity index (χ0) is 19.2. The van der Waals surface area contributed by atoms with Gasteiger partial charge in [0.2, 0.25) is 0 Å². The van der Waals surface area contributed by atoms with Gasteiger partial charge in [0.25, 0.3) is 5.70 Å². The van der Waals surface area contributed by atoms with Crippen LogP contribution in [-0.2, 0) is 0 Å². The van der Waals surface area contributed by atoms with Gasteiger partial charge >= 0.3 is 0 Å². The molecule has 0 saturated heterocycles. The lowest BCUT2D eigenvalue weighted by Gasteiger charge is -2.11. The quantitative estimate of drug-likeness (QED) is 0.251. The highest BCUT2D eigenvalue weighted by Crippen LogP contribution is 2.26. The number of rotatable bonds is 5. The first kappa shape index (κ1) is 19.1. The second-order valence-electron chi connectivity index (χ2n) is 5.65. The molecule has 0 saturated carbocycles. The molecular weight excluding hydrogens is 424 g/mol. The Balaban J connectivity index is 2.06. The van der Waals surface area contributed by atoms with Crippen molar-refractivity contribution < 1.29 is 14.4 Å². The average Bonchev–Trinajstić information content (AvgIpc) is 2.69. The molecule has 0 bridgehead atoms. The predicted molar refractivity (Wildman–Crippen MR) is 116 cm³/mol. The van der Waals surface area contributed by atoms with Crippen molar-refractivity contribution in [3.05, 3.63) is 89.2 Å². The number of hydrogen-bond acceptors (Lipinski definition) is 3. The summed E-state index contributed by atoms with van der Waals surface area (Å²) in [5, 5.41) is 14.2. The molecule has 0 amide bonds. The lowest BCUT2D eigenvalue weighted by atomic mass is 10.1. The number of aliphatic hydroxyl groups excluding tert-OH is 1. The highest BCUT2D eigenvalue weighted by atomic mass is 79.9. The smallest absolute Gasteiger partial charge is 0.288 e. The van der Waals surface area contributed by atoms with Crippen molar-refractivity contribution in [3.8, 4) is 5.75 Å². The van der Waals surface area contributed by atoms with Crippen molar-refractivity contribution in [3.63, 3.8) is 0 Å². The van der Waals surface area contributed by atoms with Gasteiger partial charge < -0.3 is 15.2 Å². The number of aromatic nitrogens is 1. The lowest BCUT2D eigenvalue weighted by Crippen LogP contribution is -2.38. The van der Waals surface area contributed by atoms with Crippen molar-refractivity contribution in [2.45, 2.75) is 0 Å². The number of methoxy groups -OCH3 is 1. The Morgan fingerprint density at radius 1 is 1.04 bits per heavy atom. The zero-order valence-electron chi connectivity index (χ0n) is 14.6. The normalized spacial score (nSPS) is 11.5. The van der Waals surface area contributed by atoms with Crippen LogP contribution in [0.5, 0.6) is 5.75 Å². The molecule has 3 rings (SSSR count). The minimum absolute atomic E-state index is 0.0686. The maximum absolute atomic E-state index is 11.0. The molecule has 1 heterocycles. The van der Waals surface area contributed by atoms with E-state index < -0.39 is 0 Å². The predicted octanol–water partition coefficient (Wildman–Crippen LogP) is 5.07. The van der Waals surface area contributed by atoms with Crippen LogP contribution in [0, 0.1) is 0 Å². The Labute approximate surface area is 171 Å². The van der Waals surface area contributed by atoms with Gasteiger partial charge in [0.05, 0.1) is 7.11 Å². The van der Waals surface area contributed by atoms with Crippen LogP contribution in [-0.4, -0.2) is 17.2 Å². The summed E-state index contributed by atoms with van der Waals surface area (Å²) in [4.78, 5) is 0.382. The molecule has 0 unspecified atom stereocenters. The summed E-state index contributed by atoms with van der Waals surface area (Å²) in [6.07, 6.45) is 3.67. The Bertz CT molecular complexity index is 990. The van der Waals surface area contributed by atoms with Crippen LogP contribution >= 0.6 is 28.1 Å². The van der Waals surface area contributed by atoms with Crippen molar-refractivity contribution in [1.82, 2.24) is 0 Å². The fourth-order valence-electron chi connectivity index (χ4n) is 2.57. The molecule has 0 aliphatic rings. The first-order chi connectivity index (χ1) is 13.1. The van der Waals surface area contributed by atoms with Gasteiger partial charge in [-0.3, -0.25) is 0 Å². The molecule has 2 aromatic carbocycles. The molecule has 0 radical (unpaired) electrons. The number of hydrogen-bond donors (Lipinski definition) is 2. The number of nitrogens with zero attached hydrogens (tertiary/aromatic N) is 1. The number of anilines is 1. The Morgan fingerprint density at radius 3 is 2.48 bits per heavy atom. The molecule has 2 N–H and O–H groups in total. The Morgan fingerprint density at radius 2 is 1.78 bits per heavy atom. The van der Waals surface area contributed by atoms with E-state index in [4.69, 9.17) is 17.0 Å². The van der Waals surface area contributed by atoms with Crippen molar-refractivity contribution in [1.29, 1.82) is 0 Å². The molecule has 0 fully saturated rings. The van der Waals surface area contributed by atoms with Crippen LogP contribution < -0.4 is 14.6 Å². The summed E-state index contributed by atoms with van der Waals surface area (Å²) in [5.74, 6) is 0.787. The van der Waals surface area contributed by atoms with E-state index in [1.165, 1.54) is 0 Å². The van der Waals surface area contributed by atoms with Crippen LogP contribution in [0.25, 0.3) is 11.5 Å². The summed E-state index contributed by atoms with van der Waals surface area (Å²) in [6.45, 7) is 0. The summed E-state index contributed by atoms with van der Waals surface area (Å²) in [6, 6.07) is 20.6. The molecule has 1 aromatic heterocycles. The van der Waals surface area contributed by atoms with E-state index in [2.05, 4.69) is 21.2 Å². The second-order valence-corrected chi connectivity index (χ2v) is 6.91. The molecule has 4 nitrogen and oxygen atoms in total. The minimum Gasteiger partial charge on any atom is -0.502 e. The van der Waals surface area contributed by atoms with E-state index >= 15 is 0 Å². The van der Waals surface area contributed by atoms with Gasteiger partial charge in [0.15, 0.2) is 23.1 Å². The largest absolute Gasteiger partial charge is 0.502 e. The monoisotopic (exact) mass is 441 g/mol. The first-order valence-corrected chi connectivity index (χ1v) is 9.40. The highest BCUT2D eigenvalue weighted by Gasteiger charge is 2.24. The minimum atomic E-state index is 0.0686. The Hall–Kier alpha value is -2.70. The highest BCUT2D eigenvalue weighted by molar-refractivity contribution is 9.10. The van der Waals surface area contributed by atoms with Crippen LogP contribution in [0.4, 0.5) is 5.69 Å². The van der Waals surface area contributed by atoms with E-state index in [-0.39, 0.29) is 5.76 Å². The number of benzene rings is 2. The second kappa shape index (κ2) is 8.79. The number of halogens is 1. The van der Waals surface area contributed by atoms with Gasteiger partial charge in [-0.05, 0) is 24.3 Å². The fourth-order valence-corrected chi connectivity index (χ4v) is 3.36. The topological polar surface area (TPSA) is 45.4 Å². The summed E-state index contributed by atoms with van der Waals surface area (Å²) in [7, 11) is 1.61. The fraction of sp³-hybridized carbons (Fsp3) is 0.0476. The average molecular weight is 442 g/mol. The molecular formula is C21H18BrN2O2S+. The van der Waals surface area contributed by atoms with Gasteiger partial charge in [-0.15, -0.1) is 0 Å². The van der Waals surface area contributed by atoms with Crippen molar-refractivity contribution in [2.24, 2.45) is 0 Å². The summed E-state index contributed by atoms with van der Waals surface area (Å²) in [5.41, 5.74) is 1.90. The summed E-state index contributed by atoms with van der Waals surface area (Å²) < 4.78 is 7.82. The Kier molecular flexibility index (Phi) is 6.21. The maximum Gasteiger partial charge on any atom is 0.288 e. The molecule has 0 spiro atoms. The number of pyridine rings is 1. The molecule has 136 valence electrons. The molecule has 27 heavy (non-hydrogen) atoms. The standard InChI is InChI=1S/C21H17BrN2O2S/c1-26-16-9-7-8-15(14-16)23-21(27)19(24-12-5-2-6-13-24)20(25)17-10-3-4-11-18(17)22/h2-14H,1H3,(H-,23,25,27)/p+1. The van der Waals surface area contributed by atoms with E-state index in [0.717, 1.165) is 15.9 Å². The third kappa shape index (κ3) is 4.53. The molecule has 0 aliphatic heterocycles. The van der Waals surface area contributed by atoms with Gasteiger partial charge in [-0.2, -0.15) is 4.57 Å². The molecule has 3 aromatic rings. The van der Waals surface area contributed by atoms with Gasteiger partial charge in [-0.25, -0.2) is 0 Å². The number of nitrogens with one attached hydrogen (secondary N) is 1. The van der Waals surface area contributed by atoms with Crippen LogP contribution in [0.1, 0.15) is 5.56 Å². The van der Waals surface area contributed by atoms with Gasteiger partial charge in [0, 0.05) is 33.9 Å².